The second-order valence-corrected chi connectivity index (χ2v) is 5.08. The van der Waals surface area contributed by atoms with Crippen molar-refractivity contribution in [2.75, 3.05) is 12.4 Å². The first kappa shape index (κ1) is 15.2. The van der Waals surface area contributed by atoms with Crippen molar-refractivity contribution in [3.8, 4) is 5.75 Å². The van der Waals surface area contributed by atoms with Crippen LogP contribution in [-0.4, -0.2) is 17.1 Å². The van der Waals surface area contributed by atoms with Gasteiger partial charge in [0.1, 0.15) is 10.8 Å². The van der Waals surface area contributed by atoms with Crippen molar-refractivity contribution in [3.63, 3.8) is 0 Å². The van der Waals surface area contributed by atoms with E-state index in [1.54, 1.807) is 12.1 Å². The molecule has 0 unspecified atom stereocenters. The van der Waals surface area contributed by atoms with Crippen LogP contribution in [0, 0.1) is 19.7 Å². The number of hydrogen-bond donors (Lipinski definition) is 2. The molecule has 0 bridgehead atoms. The number of benzene rings is 1. The number of nitrogens with two attached hydrogens (primary N) is 1. The van der Waals surface area contributed by atoms with E-state index in [0.29, 0.717) is 17.1 Å². The number of halogens is 1. The summed E-state index contributed by atoms with van der Waals surface area (Å²) in [6.45, 7) is 3.78. The SMILES string of the molecule is COc1ccc(Nc2nc(C)cc(C)c2C(N)=S)cc1F. The van der Waals surface area contributed by atoms with Crippen molar-refractivity contribution in [2.24, 2.45) is 5.73 Å². The Morgan fingerprint density at radius 2 is 2.05 bits per heavy atom. The monoisotopic (exact) mass is 305 g/mol. The van der Waals surface area contributed by atoms with Gasteiger partial charge < -0.3 is 15.8 Å². The third kappa shape index (κ3) is 3.28. The van der Waals surface area contributed by atoms with E-state index < -0.39 is 5.82 Å². The third-order valence-corrected chi connectivity index (χ3v) is 3.21. The van der Waals surface area contributed by atoms with Crippen LogP contribution in [0.2, 0.25) is 0 Å². The Hall–Kier alpha value is -2.21. The number of anilines is 2. The number of ether oxygens (including phenoxy) is 1. The number of pyridine rings is 1. The summed E-state index contributed by atoms with van der Waals surface area (Å²) in [5.74, 6) is 0.247. The molecular weight excluding hydrogens is 289 g/mol. The van der Waals surface area contributed by atoms with Crippen molar-refractivity contribution in [1.82, 2.24) is 4.98 Å². The lowest BCUT2D eigenvalue weighted by molar-refractivity contribution is 0.386. The van der Waals surface area contributed by atoms with Gasteiger partial charge in [-0.15, -0.1) is 0 Å². The summed E-state index contributed by atoms with van der Waals surface area (Å²) in [6.07, 6.45) is 0. The van der Waals surface area contributed by atoms with Gasteiger partial charge in [-0.1, -0.05) is 12.2 Å². The lowest BCUT2D eigenvalue weighted by atomic mass is 10.1. The Morgan fingerprint density at radius 3 is 2.62 bits per heavy atom. The number of thiocarbonyl (C=S) groups is 1. The van der Waals surface area contributed by atoms with Gasteiger partial charge in [0.2, 0.25) is 0 Å². The van der Waals surface area contributed by atoms with Crippen LogP contribution in [0.1, 0.15) is 16.8 Å². The molecule has 110 valence electrons. The van der Waals surface area contributed by atoms with E-state index in [2.05, 4.69) is 10.3 Å². The lowest BCUT2D eigenvalue weighted by Gasteiger charge is -2.14. The van der Waals surface area contributed by atoms with Crippen LogP contribution in [0.3, 0.4) is 0 Å². The molecule has 0 radical (unpaired) electrons. The smallest absolute Gasteiger partial charge is 0.167 e. The van der Waals surface area contributed by atoms with Crippen molar-refractivity contribution in [3.05, 3.63) is 46.9 Å². The number of nitrogens with one attached hydrogen (secondary N) is 1. The quantitative estimate of drug-likeness (QED) is 0.849. The number of rotatable bonds is 4. The number of aromatic nitrogens is 1. The maximum atomic E-state index is 13.7. The van der Waals surface area contributed by atoms with E-state index in [-0.39, 0.29) is 10.7 Å². The number of methoxy groups -OCH3 is 1. The summed E-state index contributed by atoms with van der Waals surface area (Å²) in [4.78, 5) is 4.64. The first-order chi connectivity index (χ1) is 9.92. The minimum absolute atomic E-state index is 0.184. The summed E-state index contributed by atoms with van der Waals surface area (Å²) < 4.78 is 18.6. The van der Waals surface area contributed by atoms with Gasteiger partial charge >= 0.3 is 0 Å². The summed E-state index contributed by atoms with van der Waals surface area (Å²) in [6, 6.07) is 6.47. The van der Waals surface area contributed by atoms with Gasteiger partial charge in [0.25, 0.3) is 0 Å². The topological polar surface area (TPSA) is 60.2 Å². The van der Waals surface area contributed by atoms with Gasteiger partial charge in [-0.2, -0.15) is 0 Å². The van der Waals surface area contributed by atoms with Crippen LogP contribution in [-0.2, 0) is 0 Å². The molecule has 0 saturated carbocycles. The normalized spacial score (nSPS) is 10.3. The number of aryl methyl sites for hydroxylation is 2. The molecule has 4 nitrogen and oxygen atoms in total. The van der Waals surface area contributed by atoms with Crippen LogP contribution in [0.25, 0.3) is 0 Å². The van der Waals surface area contributed by atoms with Crippen molar-refractivity contribution in [1.29, 1.82) is 0 Å². The molecule has 0 saturated heterocycles. The summed E-state index contributed by atoms with van der Waals surface area (Å²) >= 11 is 5.07. The molecule has 1 heterocycles. The first-order valence-corrected chi connectivity index (χ1v) is 6.71. The second kappa shape index (κ2) is 6.05. The van der Waals surface area contributed by atoms with E-state index in [0.717, 1.165) is 11.3 Å². The van der Waals surface area contributed by atoms with E-state index in [9.17, 15) is 4.39 Å². The average Bonchev–Trinajstić information content (AvgIpc) is 2.37. The lowest BCUT2D eigenvalue weighted by Crippen LogP contribution is -2.15. The van der Waals surface area contributed by atoms with Crippen LogP contribution in [0.15, 0.2) is 24.3 Å². The fraction of sp³-hybridized carbons (Fsp3) is 0.200. The van der Waals surface area contributed by atoms with Gasteiger partial charge in [0.15, 0.2) is 11.6 Å². The Kier molecular flexibility index (Phi) is 4.37. The minimum Gasteiger partial charge on any atom is -0.494 e. The molecule has 2 aromatic rings. The molecule has 0 fully saturated rings. The molecule has 0 aliphatic carbocycles. The Labute approximate surface area is 128 Å². The molecule has 21 heavy (non-hydrogen) atoms. The minimum atomic E-state index is -0.455. The molecule has 0 amide bonds. The molecule has 1 aromatic carbocycles. The average molecular weight is 305 g/mol. The van der Waals surface area contributed by atoms with Crippen molar-refractivity contribution in [2.45, 2.75) is 13.8 Å². The van der Waals surface area contributed by atoms with Crippen LogP contribution >= 0.6 is 12.2 Å². The zero-order valence-electron chi connectivity index (χ0n) is 12.0. The molecule has 0 aliphatic heterocycles. The standard InChI is InChI=1S/C15H16FN3OS/c1-8-6-9(2)18-15(13(8)14(17)21)19-10-4-5-12(20-3)11(16)7-10/h4-7H,1-3H3,(H2,17,21)(H,18,19). The number of hydrogen-bond acceptors (Lipinski definition) is 4. The molecule has 6 heteroatoms. The van der Waals surface area contributed by atoms with E-state index in [1.807, 2.05) is 19.9 Å². The highest BCUT2D eigenvalue weighted by atomic mass is 32.1. The van der Waals surface area contributed by atoms with Gasteiger partial charge in [-0.05, 0) is 37.6 Å². The van der Waals surface area contributed by atoms with Gasteiger partial charge in [0.05, 0.1) is 12.7 Å². The highest BCUT2D eigenvalue weighted by Gasteiger charge is 2.12. The van der Waals surface area contributed by atoms with Crippen molar-refractivity contribution < 1.29 is 9.13 Å². The number of nitrogens with zero attached hydrogens (tertiary/aromatic N) is 1. The molecule has 0 spiro atoms. The van der Waals surface area contributed by atoms with E-state index >= 15 is 0 Å². The molecule has 2 rings (SSSR count). The van der Waals surface area contributed by atoms with Gasteiger partial charge in [-0.25, -0.2) is 9.37 Å². The fourth-order valence-electron chi connectivity index (χ4n) is 2.12. The summed E-state index contributed by atoms with van der Waals surface area (Å²) in [5.41, 5.74) is 8.70. The zero-order valence-corrected chi connectivity index (χ0v) is 12.8. The zero-order chi connectivity index (χ0) is 15.6. The molecule has 1 aromatic heterocycles. The molecular formula is C15H16FN3OS. The Bertz CT molecular complexity index is 704. The summed E-state index contributed by atoms with van der Waals surface area (Å²) in [7, 11) is 1.42. The Balaban J connectivity index is 2.44. The Morgan fingerprint density at radius 1 is 1.33 bits per heavy atom. The van der Waals surface area contributed by atoms with Crippen LogP contribution in [0.5, 0.6) is 5.75 Å². The largest absolute Gasteiger partial charge is 0.494 e. The fourth-order valence-corrected chi connectivity index (χ4v) is 2.38. The van der Waals surface area contributed by atoms with E-state index in [4.69, 9.17) is 22.7 Å². The predicted octanol–water partition coefficient (Wildman–Crippen LogP) is 3.22. The highest BCUT2D eigenvalue weighted by Crippen LogP contribution is 2.26. The maximum Gasteiger partial charge on any atom is 0.167 e. The van der Waals surface area contributed by atoms with E-state index in [1.165, 1.54) is 13.2 Å². The highest BCUT2D eigenvalue weighted by molar-refractivity contribution is 7.80. The maximum absolute atomic E-state index is 13.7. The van der Waals surface area contributed by atoms with Crippen molar-refractivity contribution >= 4 is 28.7 Å². The summed E-state index contributed by atoms with van der Waals surface area (Å²) in [5, 5.41) is 3.05. The molecule has 0 atom stereocenters. The van der Waals surface area contributed by atoms with Gasteiger partial charge in [-0.3, -0.25) is 0 Å². The third-order valence-electron chi connectivity index (χ3n) is 3.01. The van der Waals surface area contributed by atoms with Crippen LogP contribution < -0.4 is 15.8 Å². The predicted molar refractivity (Wildman–Crippen MR) is 85.8 cm³/mol. The molecule has 0 aliphatic rings. The first-order valence-electron chi connectivity index (χ1n) is 6.31. The van der Waals surface area contributed by atoms with Gasteiger partial charge in [0, 0.05) is 17.4 Å². The van der Waals surface area contributed by atoms with Crippen LogP contribution in [0.4, 0.5) is 15.9 Å². The molecule has 3 N–H and O–H groups in total. The second-order valence-electron chi connectivity index (χ2n) is 4.64.